The molecule has 4 heterocycles. The second-order valence-corrected chi connectivity index (χ2v) is 10.8. The summed E-state index contributed by atoms with van der Waals surface area (Å²) in [6.45, 7) is 7.97. The highest BCUT2D eigenvalue weighted by molar-refractivity contribution is 7.13. The highest BCUT2D eigenvalue weighted by Crippen LogP contribution is 2.30. The zero-order valence-electron chi connectivity index (χ0n) is 20.7. The second kappa shape index (κ2) is 11.1. The van der Waals surface area contributed by atoms with Crippen LogP contribution in [0.4, 0.5) is 17.3 Å². The van der Waals surface area contributed by atoms with E-state index >= 15 is 0 Å². The topological polar surface area (TPSA) is 136 Å². The fourth-order valence-corrected chi connectivity index (χ4v) is 4.43. The van der Waals surface area contributed by atoms with E-state index in [2.05, 4.69) is 40.5 Å². The molecule has 0 aliphatic carbocycles. The molecule has 0 radical (unpaired) electrons. The Morgan fingerprint density at radius 1 is 1.05 bits per heavy atom. The van der Waals surface area contributed by atoms with E-state index in [1.807, 2.05) is 27.7 Å². The van der Waals surface area contributed by atoms with Crippen molar-refractivity contribution in [3.63, 3.8) is 0 Å². The van der Waals surface area contributed by atoms with E-state index in [0.29, 0.717) is 21.5 Å². The summed E-state index contributed by atoms with van der Waals surface area (Å²) in [5, 5.41) is 6.64. The summed E-state index contributed by atoms with van der Waals surface area (Å²) in [6, 6.07) is 5.27. The maximum absolute atomic E-state index is 13.0. The minimum atomic E-state index is -0.327. The van der Waals surface area contributed by atoms with Crippen LogP contribution in [0, 0.1) is 0 Å². The number of ketones is 1. The van der Waals surface area contributed by atoms with Crippen LogP contribution in [0.3, 0.4) is 0 Å². The van der Waals surface area contributed by atoms with Crippen LogP contribution in [0.5, 0.6) is 0 Å². The summed E-state index contributed by atoms with van der Waals surface area (Å²) in [6.07, 6.45) is 7.59. The molecule has 1 unspecified atom stereocenters. The maximum Gasteiger partial charge on any atom is 0.268 e. The number of Topliss-reactive ketones (excluding diaryl/α,β-unsaturated/α-hetero) is 1. The predicted octanol–water partition coefficient (Wildman–Crippen LogP) is 5.44. The van der Waals surface area contributed by atoms with E-state index in [9.17, 15) is 9.59 Å². The van der Waals surface area contributed by atoms with Gasteiger partial charge in [0.2, 0.25) is 0 Å². The van der Waals surface area contributed by atoms with E-state index in [4.69, 9.17) is 11.6 Å². The number of carbonyl (C=O) groups is 2. The van der Waals surface area contributed by atoms with Gasteiger partial charge in [-0.25, -0.2) is 24.9 Å². The predicted molar refractivity (Wildman–Crippen MR) is 143 cm³/mol. The highest BCUT2D eigenvalue weighted by atomic mass is 35.5. The molecule has 0 spiro atoms. The van der Waals surface area contributed by atoms with Gasteiger partial charge in [-0.15, -0.1) is 11.3 Å². The summed E-state index contributed by atoms with van der Waals surface area (Å²) in [4.78, 5) is 51.2. The number of thiazole rings is 1. The molecule has 12 heteroatoms. The van der Waals surface area contributed by atoms with Crippen molar-refractivity contribution in [2.45, 2.75) is 45.4 Å². The van der Waals surface area contributed by atoms with Gasteiger partial charge in [0.15, 0.2) is 11.6 Å². The van der Waals surface area contributed by atoms with Crippen LogP contribution < -0.4 is 10.6 Å². The second-order valence-electron chi connectivity index (χ2n) is 9.33. The molecule has 0 aliphatic rings. The lowest BCUT2D eigenvalue weighted by Crippen LogP contribution is -2.16. The third kappa shape index (κ3) is 6.49. The molecule has 0 aliphatic heterocycles. The number of carbonyl (C=O) groups excluding carboxylic acids is 2. The fraction of sp³-hybridized carbons (Fsp3) is 0.280. The van der Waals surface area contributed by atoms with Gasteiger partial charge in [0, 0.05) is 41.9 Å². The van der Waals surface area contributed by atoms with Gasteiger partial charge in [-0.05, 0) is 12.1 Å². The first-order valence-electron chi connectivity index (χ1n) is 11.4. The molecule has 10 nitrogen and oxygen atoms in total. The number of pyridine rings is 1. The van der Waals surface area contributed by atoms with Crippen LogP contribution in [0.25, 0.3) is 0 Å². The summed E-state index contributed by atoms with van der Waals surface area (Å²) >= 11 is 7.67. The van der Waals surface area contributed by atoms with Gasteiger partial charge in [-0.3, -0.25) is 14.6 Å². The molecule has 0 aromatic carbocycles. The van der Waals surface area contributed by atoms with Crippen molar-refractivity contribution < 1.29 is 9.59 Å². The van der Waals surface area contributed by atoms with Crippen LogP contribution in [-0.2, 0) is 5.41 Å². The Bertz CT molecular complexity index is 1420. The van der Waals surface area contributed by atoms with Gasteiger partial charge in [0.1, 0.15) is 34.1 Å². The molecule has 4 rings (SSSR count). The minimum absolute atomic E-state index is 0.112. The Balaban J connectivity index is 1.42. The quantitative estimate of drug-likeness (QED) is 0.282. The van der Waals surface area contributed by atoms with Crippen molar-refractivity contribution in [1.29, 1.82) is 0 Å². The normalized spacial score (nSPS) is 12.1. The van der Waals surface area contributed by atoms with E-state index < -0.39 is 0 Å². The Morgan fingerprint density at radius 2 is 1.78 bits per heavy atom. The maximum atomic E-state index is 13.0. The first kappa shape index (κ1) is 26.2. The third-order valence-electron chi connectivity index (χ3n) is 5.33. The number of hydrogen-bond donors (Lipinski definition) is 2. The number of anilines is 3. The van der Waals surface area contributed by atoms with Gasteiger partial charge in [0.25, 0.3) is 5.91 Å². The van der Waals surface area contributed by atoms with Crippen molar-refractivity contribution >= 4 is 52.0 Å². The molecule has 37 heavy (non-hydrogen) atoms. The number of nitrogens with one attached hydrogen (secondary N) is 2. The molecule has 0 bridgehead atoms. The lowest BCUT2D eigenvalue weighted by molar-refractivity contribution is 0.0969. The van der Waals surface area contributed by atoms with E-state index in [1.54, 1.807) is 30.6 Å². The van der Waals surface area contributed by atoms with Crippen molar-refractivity contribution in [3.8, 4) is 0 Å². The molecule has 0 fully saturated rings. The Morgan fingerprint density at radius 3 is 2.51 bits per heavy atom. The largest absolute Gasteiger partial charge is 0.339 e. The van der Waals surface area contributed by atoms with Crippen molar-refractivity contribution in [2.75, 3.05) is 10.6 Å². The average molecular weight is 537 g/mol. The zero-order chi connectivity index (χ0) is 26.6. The summed E-state index contributed by atoms with van der Waals surface area (Å²) in [7, 11) is 0. The zero-order valence-corrected chi connectivity index (χ0v) is 22.3. The van der Waals surface area contributed by atoms with E-state index in [0.717, 1.165) is 11.4 Å². The van der Waals surface area contributed by atoms with Gasteiger partial charge >= 0.3 is 0 Å². The van der Waals surface area contributed by atoms with Crippen LogP contribution in [0.1, 0.15) is 70.9 Å². The summed E-state index contributed by atoms with van der Waals surface area (Å²) < 4.78 is 0. The smallest absolute Gasteiger partial charge is 0.268 e. The number of nitrogens with zero attached hydrogens (tertiary/aromatic N) is 6. The van der Waals surface area contributed by atoms with Crippen LogP contribution in [-0.4, -0.2) is 41.6 Å². The molecule has 4 aromatic rings. The number of halogens is 1. The molecule has 1 amide bonds. The number of hydrogen-bond acceptors (Lipinski definition) is 10. The third-order valence-corrected chi connectivity index (χ3v) is 6.92. The van der Waals surface area contributed by atoms with E-state index in [1.165, 1.54) is 30.2 Å². The molecule has 4 aromatic heterocycles. The molecular weight excluding hydrogens is 512 g/mol. The number of amides is 1. The average Bonchev–Trinajstić information content (AvgIpc) is 3.36. The highest BCUT2D eigenvalue weighted by Gasteiger charge is 2.23. The van der Waals surface area contributed by atoms with Gasteiger partial charge in [-0.2, -0.15) is 0 Å². The van der Waals surface area contributed by atoms with Crippen molar-refractivity contribution in [1.82, 2.24) is 29.9 Å². The Kier molecular flexibility index (Phi) is 7.84. The van der Waals surface area contributed by atoms with Crippen molar-refractivity contribution in [3.05, 3.63) is 75.7 Å². The first-order chi connectivity index (χ1) is 17.6. The lowest BCUT2D eigenvalue weighted by atomic mass is 9.92. The molecule has 0 saturated carbocycles. The molecule has 0 saturated heterocycles. The Hall–Kier alpha value is -3.83. The number of rotatable bonds is 8. The lowest BCUT2D eigenvalue weighted by Gasteiger charge is -2.17. The standard InChI is InChI=1S/C25H25ClN8O2S/c1-14(9-16(35)21-20(26)22(32-13-31-21)33-15-5-7-27-8-6-15)24-28-11-17(37-24)23(36)34-19-10-18(25(2,3)4)29-12-30-19/h5-8,10-14H,9H2,1-4H3,(H,27,31,32,33)(H,29,30,34,36). The molecule has 2 N–H and O–H groups in total. The summed E-state index contributed by atoms with van der Waals surface area (Å²) in [5.41, 5.74) is 1.49. The molecule has 1 atom stereocenters. The van der Waals surface area contributed by atoms with Gasteiger partial charge in [0.05, 0.1) is 16.9 Å². The SMILES string of the molecule is CC(CC(=O)c1ncnc(Nc2ccncc2)c1Cl)c1ncc(C(=O)Nc2cc(C(C)(C)C)ncn2)s1. The monoisotopic (exact) mass is 536 g/mol. The fourth-order valence-electron chi connectivity index (χ4n) is 3.32. The van der Waals surface area contributed by atoms with Crippen LogP contribution >= 0.6 is 22.9 Å². The Labute approximate surface area is 223 Å². The molecule has 190 valence electrons. The first-order valence-corrected chi connectivity index (χ1v) is 12.6. The van der Waals surface area contributed by atoms with Crippen LogP contribution in [0.2, 0.25) is 5.02 Å². The summed E-state index contributed by atoms with van der Waals surface area (Å²) in [5.74, 6) is -0.0987. The van der Waals surface area contributed by atoms with Gasteiger partial charge in [-0.1, -0.05) is 39.3 Å². The number of aromatic nitrogens is 6. The van der Waals surface area contributed by atoms with Crippen molar-refractivity contribution in [2.24, 2.45) is 0 Å². The molecular formula is C25H25ClN8O2S. The van der Waals surface area contributed by atoms with Gasteiger partial charge < -0.3 is 10.6 Å². The van der Waals surface area contributed by atoms with Crippen LogP contribution in [0.15, 0.2) is 49.4 Å². The van der Waals surface area contributed by atoms with E-state index in [-0.39, 0.29) is 40.2 Å². The minimum Gasteiger partial charge on any atom is -0.339 e.